The van der Waals surface area contributed by atoms with Crippen LogP contribution in [0.4, 0.5) is 0 Å². The van der Waals surface area contributed by atoms with E-state index >= 15 is 0 Å². The van der Waals surface area contributed by atoms with E-state index in [0.29, 0.717) is 10.8 Å². The Morgan fingerprint density at radius 1 is 0.900 bits per heavy atom. The van der Waals surface area contributed by atoms with Crippen LogP contribution < -0.4 is 5.73 Å². The molecule has 3 heteroatoms. The van der Waals surface area contributed by atoms with E-state index < -0.39 is 0 Å². The number of hydrogen-bond acceptors (Lipinski definition) is 3. The van der Waals surface area contributed by atoms with E-state index in [9.17, 15) is 4.79 Å². The van der Waals surface area contributed by atoms with Crippen molar-refractivity contribution in [1.29, 1.82) is 0 Å². The summed E-state index contributed by atoms with van der Waals surface area (Å²) in [6, 6.07) is 0. The molecule has 1 spiro atoms. The molecule has 0 amide bonds. The van der Waals surface area contributed by atoms with Gasteiger partial charge in [0.2, 0.25) is 0 Å². The lowest BCUT2D eigenvalue weighted by Gasteiger charge is -2.68. The maximum absolute atomic E-state index is 12.7. The van der Waals surface area contributed by atoms with E-state index in [-0.39, 0.29) is 33.9 Å². The van der Waals surface area contributed by atoms with Crippen LogP contribution in [0.5, 0.6) is 0 Å². The molecule has 0 aromatic carbocycles. The van der Waals surface area contributed by atoms with Crippen LogP contribution in [0.2, 0.25) is 0 Å². The maximum atomic E-state index is 12.7. The molecule has 0 aromatic heterocycles. The number of hydrogen-bond donors (Lipinski definition) is 1. The van der Waals surface area contributed by atoms with E-state index in [2.05, 4.69) is 46.8 Å². The fourth-order valence-corrected chi connectivity index (χ4v) is 13.5. The van der Waals surface area contributed by atoms with Crippen LogP contribution in [-0.4, -0.2) is 17.6 Å². The number of nitrogens with two attached hydrogens (primary N) is 1. The van der Waals surface area contributed by atoms with E-state index in [1.165, 1.54) is 64.2 Å². The van der Waals surface area contributed by atoms with Gasteiger partial charge in [0.1, 0.15) is 0 Å². The fraction of sp³-hybridized carbons (Fsp3) is 0.865. The highest BCUT2D eigenvalue weighted by atomic mass is 16.5. The highest BCUT2D eigenvalue weighted by molar-refractivity contribution is 5.78. The number of carbonyl (C=O) groups excluding carboxylic acids is 1. The highest BCUT2D eigenvalue weighted by Crippen LogP contribution is 2.73. The van der Waals surface area contributed by atoms with Crippen molar-refractivity contribution in [2.24, 2.45) is 62.4 Å². The number of carbonyl (C=O) groups is 1. The molecule has 0 saturated heterocycles. The highest BCUT2D eigenvalue weighted by Gasteiger charge is 2.66. The largest absolute Gasteiger partial charge is 0.463 e. The molecule has 40 heavy (non-hydrogen) atoms. The minimum absolute atomic E-state index is 0.00554. The molecule has 5 fully saturated rings. The Balaban J connectivity index is 1.11. The lowest BCUT2D eigenvalue weighted by Crippen LogP contribution is -2.63. The van der Waals surface area contributed by atoms with Gasteiger partial charge in [-0.2, -0.15) is 0 Å². The summed E-state index contributed by atoms with van der Waals surface area (Å²) in [7, 11) is 0. The van der Waals surface area contributed by atoms with Crippen LogP contribution in [0.25, 0.3) is 0 Å². The smallest absolute Gasteiger partial charge is 0.312 e. The Labute approximate surface area is 244 Å². The van der Waals surface area contributed by atoms with E-state index in [1.54, 1.807) is 11.1 Å². The van der Waals surface area contributed by atoms with Crippen molar-refractivity contribution in [3.8, 4) is 0 Å². The Kier molecular flexibility index (Phi) is 5.90. The van der Waals surface area contributed by atoms with Crippen LogP contribution in [0, 0.1) is 56.7 Å². The van der Waals surface area contributed by atoms with E-state index in [0.717, 1.165) is 48.9 Å². The van der Waals surface area contributed by atoms with Gasteiger partial charge in [0.25, 0.3) is 0 Å². The van der Waals surface area contributed by atoms with Gasteiger partial charge in [0, 0.05) is 5.54 Å². The summed E-state index contributed by atoms with van der Waals surface area (Å²) in [6.07, 6.45) is 21.9. The topological polar surface area (TPSA) is 52.3 Å². The summed E-state index contributed by atoms with van der Waals surface area (Å²) in [5, 5.41) is 0. The second kappa shape index (κ2) is 8.51. The maximum Gasteiger partial charge on any atom is 0.312 e. The third-order valence-electron chi connectivity index (χ3n) is 14.8. The minimum Gasteiger partial charge on any atom is -0.463 e. The zero-order valence-corrected chi connectivity index (χ0v) is 26.7. The van der Waals surface area contributed by atoms with Gasteiger partial charge < -0.3 is 10.5 Å². The van der Waals surface area contributed by atoms with Crippen LogP contribution in [0.3, 0.4) is 0 Å². The first-order chi connectivity index (χ1) is 18.7. The fourth-order valence-electron chi connectivity index (χ4n) is 13.5. The van der Waals surface area contributed by atoms with Gasteiger partial charge in [-0.3, -0.25) is 4.79 Å². The van der Waals surface area contributed by atoms with Crippen LogP contribution in [0.15, 0.2) is 23.3 Å². The standard InChI is InChI=1S/C37H57NO2/c1-23(2)40-31(39)33(5)21-36(22-33)19-24(20-36)26-12-16-35(7)29(32(26,3)4)14-17-34(6)27-13-18-37(38)15-8-9-28(37)25(27)10-11-30(34)35/h12,19,23,25,27-30H,8-11,13-18,20-22,38H2,1-7H3/t25?,27?,28-,29?,30?,33?,34?,35?,36?,37?/m1/s1. The number of allylic oxidation sites excluding steroid dienone is 4. The summed E-state index contributed by atoms with van der Waals surface area (Å²) in [6.45, 7) is 16.6. The van der Waals surface area contributed by atoms with Crippen LogP contribution >= 0.6 is 0 Å². The van der Waals surface area contributed by atoms with Crippen molar-refractivity contribution in [3.63, 3.8) is 0 Å². The minimum atomic E-state index is -0.296. The molecular formula is C37H57NO2. The average Bonchev–Trinajstić information content (AvgIpc) is 3.22. The monoisotopic (exact) mass is 547 g/mol. The average molecular weight is 548 g/mol. The van der Waals surface area contributed by atoms with Crippen molar-refractivity contribution in [2.45, 2.75) is 144 Å². The molecule has 222 valence electrons. The predicted octanol–water partition coefficient (Wildman–Crippen LogP) is 8.77. The zero-order chi connectivity index (χ0) is 28.5. The first-order valence-electron chi connectivity index (χ1n) is 17.1. The molecule has 5 saturated carbocycles. The van der Waals surface area contributed by atoms with Gasteiger partial charge in [-0.15, -0.1) is 0 Å². The van der Waals surface area contributed by atoms with Gasteiger partial charge in [-0.1, -0.05) is 46.3 Å². The molecule has 3 nitrogen and oxygen atoms in total. The number of rotatable bonds is 3. The Bertz CT molecular complexity index is 1150. The first-order valence-corrected chi connectivity index (χ1v) is 17.1. The summed E-state index contributed by atoms with van der Waals surface area (Å²) in [5.74, 6) is 4.16. The van der Waals surface area contributed by atoms with Crippen molar-refractivity contribution in [1.82, 2.24) is 0 Å². The first kappa shape index (κ1) is 27.7. The van der Waals surface area contributed by atoms with Gasteiger partial charge in [0.15, 0.2) is 0 Å². The Morgan fingerprint density at radius 3 is 2.33 bits per heavy atom. The van der Waals surface area contributed by atoms with E-state index in [4.69, 9.17) is 10.5 Å². The third kappa shape index (κ3) is 3.60. The van der Waals surface area contributed by atoms with Crippen molar-refractivity contribution < 1.29 is 9.53 Å². The summed E-state index contributed by atoms with van der Waals surface area (Å²) >= 11 is 0. The normalized spacial score (nSPS) is 52.3. The van der Waals surface area contributed by atoms with Crippen LogP contribution in [-0.2, 0) is 9.53 Å². The Morgan fingerprint density at radius 2 is 1.62 bits per heavy atom. The Hall–Kier alpha value is -1.09. The molecule has 0 aromatic rings. The molecular weight excluding hydrogens is 490 g/mol. The van der Waals surface area contributed by atoms with Gasteiger partial charge in [-0.25, -0.2) is 0 Å². The molecule has 0 aliphatic heterocycles. The summed E-state index contributed by atoms with van der Waals surface area (Å²) in [5.41, 5.74) is 11.5. The quantitative estimate of drug-likeness (QED) is 0.359. The molecule has 7 aliphatic carbocycles. The zero-order valence-electron chi connectivity index (χ0n) is 26.7. The number of fused-ring (bicyclic) bond motifs is 7. The van der Waals surface area contributed by atoms with Crippen molar-refractivity contribution >= 4 is 5.97 Å². The molecule has 0 heterocycles. The number of ether oxygens (including phenoxy) is 1. The van der Waals surface area contributed by atoms with Crippen molar-refractivity contribution in [3.05, 3.63) is 23.3 Å². The third-order valence-corrected chi connectivity index (χ3v) is 14.8. The summed E-state index contributed by atoms with van der Waals surface area (Å²) in [4.78, 5) is 12.7. The SMILES string of the molecule is CC(C)OC(=O)C1(C)CC2(C=C(C3=CCC4(C)C(CCC5(C)C6CCC7(N)CCC[C@@H]7C6CCC54)C3(C)C)C2)C1. The lowest BCUT2D eigenvalue weighted by molar-refractivity contribution is -0.175. The molecule has 7 unspecified atom stereocenters. The molecule has 8 atom stereocenters. The molecule has 2 N–H and O–H groups in total. The number of esters is 1. The van der Waals surface area contributed by atoms with Gasteiger partial charge in [0.05, 0.1) is 11.5 Å². The second-order valence-corrected chi connectivity index (χ2v) is 17.9. The van der Waals surface area contributed by atoms with Crippen molar-refractivity contribution in [2.75, 3.05) is 0 Å². The molecule has 0 bridgehead atoms. The molecule has 7 rings (SSSR count). The predicted molar refractivity (Wildman–Crippen MR) is 162 cm³/mol. The summed E-state index contributed by atoms with van der Waals surface area (Å²) < 4.78 is 5.60. The van der Waals surface area contributed by atoms with E-state index in [1.807, 2.05) is 13.8 Å². The molecule has 7 aliphatic rings. The van der Waals surface area contributed by atoms with Gasteiger partial charge in [-0.05, 0) is 160 Å². The second-order valence-electron chi connectivity index (χ2n) is 17.9. The van der Waals surface area contributed by atoms with Crippen LogP contribution in [0.1, 0.15) is 132 Å². The molecule has 0 radical (unpaired) electrons. The lowest BCUT2D eigenvalue weighted by atomic mass is 9.36. The van der Waals surface area contributed by atoms with Gasteiger partial charge >= 0.3 is 5.97 Å².